The zero-order chi connectivity index (χ0) is 12.7. The predicted octanol–water partition coefficient (Wildman–Crippen LogP) is 2.80. The lowest BCUT2D eigenvalue weighted by Gasteiger charge is -2.10. The van der Waals surface area contributed by atoms with E-state index in [1.807, 2.05) is 38.4 Å². The minimum atomic E-state index is 0.542. The van der Waals surface area contributed by atoms with Crippen LogP contribution in [0.3, 0.4) is 0 Å². The van der Waals surface area contributed by atoms with Gasteiger partial charge < -0.3 is 10.6 Å². The van der Waals surface area contributed by atoms with Gasteiger partial charge >= 0.3 is 0 Å². The average Bonchev–Trinajstić information content (AvgIpc) is 2.32. The van der Waals surface area contributed by atoms with E-state index >= 15 is 0 Å². The molecule has 17 heavy (non-hydrogen) atoms. The molecule has 0 aliphatic heterocycles. The second-order valence-electron chi connectivity index (χ2n) is 3.41. The van der Waals surface area contributed by atoms with Gasteiger partial charge in [-0.15, -0.1) is 10.2 Å². The van der Waals surface area contributed by atoms with Crippen molar-refractivity contribution < 1.29 is 0 Å². The number of nitrogens with two attached hydrogens (primary N) is 1. The van der Waals surface area contributed by atoms with Gasteiger partial charge in [-0.05, 0) is 31.2 Å². The van der Waals surface area contributed by atoms with Crippen molar-refractivity contribution in [3.8, 4) is 0 Å². The Kier molecular flexibility index (Phi) is 4.87. The standard InChI is InChI=1S/C12H17N5/c1-4-9-17(3)12(14-2)16-15-11-7-5-10(13)6-8-11/h4-9H,13H2,1-3H3/b9-4-,14-12?,16-15?. The number of aliphatic imine (C=N–C) groups is 1. The molecule has 0 saturated carbocycles. The first-order chi connectivity index (χ1) is 8.17. The summed E-state index contributed by atoms with van der Waals surface area (Å²) in [6, 6.07) is 7.18. The Labute approximate surface area is 101 Å². The van der Waals surface area contributed by atoms with Gasteiger partial charge in [0.2, 0.25) is 5.96 Å². The van der Waals surface area contributed by atoms with E-state index in [1.165, 1.54) is 0 Å². The van der Waals surface area contributed by atoms with E-state index in [-0.39, 0.29) is 0 Å². The first kappa shape index (κ1) is 12.9. The molecule has 0 aliphatic carbocycles. The summed E-state index contributed by atoms with van der Waals surface area (Å²) in [4.78, 5) is 5.84. The topological polar surface area (TPSA) is 66.3 Å². The van der Waals surface area contributed by atoms with Crippen LogP contribution in [0.5, 0.6) is 0 Å². The number of hydrogen-bond donors (Lipinski definition) is 1. The molecule has 1 aromatic carbocycles. The lowest BCUT2D eigenvalue weighted by atomic mass is 10.3. The fourth-order valence-electron chi connectivity index (χ4n) is 1.21. The third-order valence-corrected chi connectivity index (χ3v) is 2.04. The summed E-state index contributed by atoms with van der Waals surface area (Å²) in [5.41, 5.74) is 7.04. The largest absolute Gasteiger partial charge is 0.399 e. The summed E-state index contributed by atoms with van der Waals surface area (Å²) >= 11 is 0. The number of rotatable bonds is 2. The number of nitrogens with zero attached hydrogens (tertiary/aromatic N) is 4. The van der Waals surface area contributed by atoms with E-state index in [0.29, 0.717) is 11.6 Å². The number of benzene rings is 1. The Hall–Kier alpha value is -2.17. The molecule has 2 N–H and O–H groups in total. The summed E-state index contributed by atoms with van der Waals surface area (Å²) in [7, 11) is 3.54. The zero-order valence-electron chi connectivity index (χ0n) is 10.3. The molecule has 0 spiro atoms. The minimum Gasteiger partial charge on any atom is -0.399 e. The maximum absolute atomic E-state index is 5.58. The van der Waals surface area contributed by atoms with Crippen LogP contribution in [-0.4, -0.2) is 25.0 Å². The summed E-state index contributed by atoms with van der Waals surface area (Å²) in [6.45, 7) is 1.93. The van der Waals surface area contributed by atoms with Gasteiger partial charge in [0.15, 0.2) is 0 Å². The highest BCUT2D eigenvalue weighted by atomic mass is 15.3. The molecular weight excluding hydrogens is 214 g/mol. The first-order valence-corrected chi connectivity index (χ1v) is 5.27. The van der Waals surface area contributed by atoms with Gasteiger partial charge in [-0.1, -0.05) is 6.08 Å². The van der Waals surface area contributed by atoms with E-state index in [1.54, 1.807) is 24.1 Å². The van der Waals surface area contributed by atoms with Gasteiger partial charge in [-0.3, -0.25) is 4.99 Å². The number of guanidine groups is 1. The summed E-state index contributed by atoms with van der Waals surface area (Å²) in [5.74, 6) is 0.542. The Balaban J connectivity index is 2.78. The number of nitrogen functional groups attached to an aromatic ring is 1. The molecule has 0 heterocycles. The summed E-state index contributed by atoms with van der Waals surface area (Å²) in [5, 5.41) is 8.15. The number of anilines is 1. The molecule has 0 amide bonds. The summed E-state index contributed by atoms with van der Waals surface area (Å²) in [6.07, 6.45) is 3.77. The fraction of sp³-hybridized carbons (Fsp3) is 0.250. The molecule has 0 radical (unpaired) electrons. The van der Waals surface area contributed by atoms with Gasteiger partial charge in [0.05, 0.1) is 5.69 Å². The van der Waals surface area contributed by atoms with Crippen molar-refractivity contribution in [3.05, 3.63) is 36.5 Å². The van der Waals surface area contributed by atoms with E-state index in [9.17, 15) is 0 Å². The molecule has 1 rings (SSSR count). The lowest BCUT2D eigenvalue weighted by molar-refractivity contribution is 0.670. The molecule has 5 nitrogen and oxygen atoms in total. The van der Waals surface area contributed by atoms with Crippen molar-refractivity contribution in [1.29, 1.82) is 0 Å². The highest BCUT2D eigenvalue weighted by Crippen LogP contribution is 2.14. The van der Waals surface area contributed by atoms with Gasteiger partial charge in [0, 0.05) is 26.0 Å². The number of azo groups is 1. The van der Waals surface area contributed by atoms with Crippen LogP contribution in [0.4, 0.5) is 11.4 Å². The highest BCUT2D eigenvalue weighted by Gasteiger charge is 1.99. The van der Waals surface area contributed by atoms with E-state index in [0.717, 1.165) is 5.69 Å². The smallest absolute Gasteiger partial charge is 0.244 e. The Bertz CT molecular complexity index is 431. The zero-order valence-corrected chi connectivity index (χ0v) is 10.3. The molecule has 0 aromatic heterocycles. The molecule has 0 fully saturated rings. The van der Waals surface area contributed by atoms with Crippen molar-refractivity contribution in [2.45, 2.75) is 6.92 Å². The van der Waals surface area contributed by atoms with Crippen LogP contribution in [0.2, 0.25) is 0 Å². The van der Waals surface area contributed by atoms with Crippen LogP contribution < -0.4 is 5.73 Å². The van der Waals surface area contributed by atoms with Crippen LogP contribution >= 0.6 is 0 Å². The quantitative estimate of drug-likeness (QED) is 0.368. The third-order valence-electron chi connectivity index (χ3n) is 2.04. The van der Waals surface area contributed by atoms with Crippen molar-refractivity contribution in [2.75, 3.05) is 19.8 Å². The molecule has 0 saturated heterocycles. The Morgan fingerprint density at radius 1 is 1.29 bits per heavy atom. The molecule has 0 aliphatic rings. The average molecular weight is 231 g/mol. The van der Waals surface area contributed by atoms with Crippen molar-refractivity contribution in [2.24, 2.45) is 15.2 Å². The van der Waals surface area contributed by atoms with Crippen molar-refractivity contribution in [1.82, 2.24) is 4.90 Å². The predicted molar refractivity (Wildman–Crippen MR) is 71.3 cm³/mol. The molecular formula is C12H17N5. The molecule has 1 aromatic rings. The number of hydrogen-bond acceptors (Lipinski definition) is 3. The fourth-order valence-corrected chi connectivity index (χ4v) is 1.21. The van der Waals surface area contributed by atoms with Gasteiger partial charge in [-0.25, -0.2) is 0 Å². The maximum Gasteiger partial charge on any atom is 0.244 e. The number of allylic oxidation sites excluding steroid dienone is 1. The van der Waals surface area contributed by atoms with E-state index in [2.05, 4.69) is 15.2 Å². The van der Waals surface area contributed by atoms with Gasteiger partial charge in [-0.2, -0.15) is 0 Å². The molecule has 0 atom stereocenters. The summed E-state index contributed by atoms with van der Waals surface area (Å²) < 4.78 is 0. The molecule has 5 heteroatoms. The maximum atomic E-state index is 5.58. The first-order valence-electron chi connectivity index (χ1n) is 5.27. The normalized spacial score (nSPS) is 12.5. The molecule has 0 bridgehead atoms. The molecule has 0 unspecified atom stereocenters. The molecule has 90 valence electrons. The Morgan fingerprint density at radius 2 is 1.94 bits per heavy atom. The van der Waals surface area contributed by atoms with E-state index in [4.69, 9.17) is 5.73 Å². The Morgan fingerprint density at radius 3 is 2.47 bits per heavy atom. The van der Waals surface area contributed by atoms with E-state index < -0.39 is 0 Å². The highest BCUT2D eigenvalue weighted by molar-refractivity contribution is 5.81. The van der Waals surface area contributed by atoms with Crippen molar-refractivity contribution in [3.63, 3.8) is 0 Å². The van der Waals surface area contributed by atoms with Crippen LogP contribution in [0.1, 0.15) is 6.92 Å². The van der Waals surface area contributed by atoms with Gasteiger partial charge in [0.25, 0.3) is 0 Å². The third kappa shape index (κ3) is 4.06. The van der Waals surface area contributed by atoms with Crippen LogP contribution in [-0.2, 0) is 0 Å². The van der Waals surface area contributed by atoms with Crippen LogP contribution in [0, 0.1) is 0 Å². The van der Waals surface area contributed by atoms with Crippen LogP contribution in [0.25, 0.3) is 0 Å². The monoisotopic (exact) mass is 231 g/mol. The second-order valence-corrected chi connectivity index (χ2v) is 3.41. The minimum absolute atomic E-state index is 0.542. The van der Waals surface area contributed by atoms with Crippen LogP contribution in [0.15, 0.2) is 51.8 Å². The van der Waals surface area contributed by atoms with Gasteiger partial charge in [0.1, 0.15) is 0 Å². The lowest BCUT2D eigenvalue weighted by Crippen LogP contribution is -2.18. The van der Waals surface area contributed by atoms with Crippen molar-refractivity contribution >= 4 is 17.3 Å². The SMILES string of the molecule is C/C=C\N(C)C(N=Nc1ccc(N)cc1)=NC. The second kappa shape index (κ2) is 6.42.